The first-order valence-corrected chi connectivity index (χ1v) is 19.7. The molecule has 0 saturated heterocycles. The fourth-order valence-electron chi connectivity index (χ4n) is 6.95. The number of methoxy groups -OCH3 is 2. The number of carboxylic acid groups (broad SMARTS) is 1. The van der Waals surface area contributed by atoms with Crippen molar-refractivity contribution < 1.29 is 41.7 Å². The van der Waals surface area contributed by atoms with E-state index in [-0.39, 0.29) is 16.7 Å². The Balaban J connectivity index is 1.54. The van der Waals surface area contributed by atoms with E-state index in [4.69, 9.17) is 19.3 Å². The molecule has 0 bridgehead atoms. The second-order valence-corrected chi connectivity index (χ2v) is 16.6. The van der Waals surface area contributed by atoms with Gasteiger partial charge in [-0.15, -0.1) is 0 Å². The van der Waals surface area contributed by atoms with Crippen molar-refractivity contribution in [1.29, 1.82) is 0 Å². The molecule has 4 rings (SSSR count). The number of benzene rings is 2. The summed E-state index contributed by atoms with van der Waals surface area (Å²) in [7, 11) is -0.908. The number of fused-ring (bicyclic) bond motifs is 2. The predicted molar refractivity (Wildman–Crippen MR) is 211 cm³/mol. The van der Waals surface area contributed by atoms with Crippen LogP contribution < -0.4 is 4.74 Å². The summed E-state index contributed by atoms with van der Waals surface area (Å²) in [5.74, 6) is 1.10. The van der Waals surface area contributed by atoms with Crippen LogP contribution in [0.15, 0.2) is 95.7 Å². The van der Waals surface area contributed by atoms with Crippen molar-refractivity contribution in [2.45, 2.75) is 89.4 Å². The number of aliphatic carboxylic acids is 1. The van der Waals surface area contributed by atoms with Crippen LogP contribution in [0.4, 0.5) is 5.69 Å². The van der Waals surface area contributed by atoms with E-state index in [0.29, 0.717) is 32.1 Å². The molecule has 0 unspecified atom stereocenters. The van der Waals surface area contributed by atoms with Gasteiger partial charge in [-0.05, 0) is 92.4 Å². The molecule has 2 aliphatic rings. The molecule has 2 aromatic carbocycles. The number of ether oxygens (including phenoxy) is 3. The van der Waals surface area contributed by atoms with Crippen LogP contribution in [0.3, 0.4) is 0 Å². The van der Waals surface area contributed by atoms with Gasteiger partial charge in [-0.3, -0.25) is 9.35 Å². The van der Waals surface area contributed by atoms with Gasteiger partial charge in [0.25, 0.3) is 10.1 Å². The highest BCUT2D eigenvalue weighted by atomic mass is 32.2. The third kappa shape index (κ3) is 11.0. The van der Waals surface area contributed by atoms with Gasteiger partial charge in [0.05, 0.1) is 10.3 Å². The number of carboxylic acids is 1. The zero-order valence-corrected chi connectivity index (χ0v) is 33.0. The van der Waals surface area contributed by atoms with Crippen molar-refractivity contribution in [3.63, 3.8) is 0 Å². The summed E-state index contributed by atoms with van der Waals surface area (Å²) in [5.41, 5.74) is 5.54. The van der Waals surface area contributed by atoms with Gasteiger partial charge in [-0.25, -0.2) is 0 Å². The molecule has 0 amide bonds. The van der Waals surface area contributed by atoms with Crippen LogP contribution in [-0.4, -0.2) is 68.3 Å². The predicted octanol–water partition coefficient (Wildman–Crippen LogP) is 9.19. The fraction of sp³-hybridized carbons (Fsp3) is 0.442. The van der Waals surface area contributed by atoms with Gasteiger partial charge in [-0.1, -0.05) is 63.3 Å². The van der Waals surface area contributed by atoms with E-state index in [1.54, 1.807) is 26.4 Å². The first-order chi connectivity index (χ1) is 25.1. The van der Waals surface area contributed by atoms with Crippen molar-refractivity contribution >= 4 is 33.1 Å². The van der Waals surface area contributed by atoms with Crippen molar-refractivity contribution in [3.8, 4) is 5.75 Å². The molecular formula is C43H56NO8S+. The smallest absolute Gasteiger partial charge is 0.303 e. The van der Waals surface area contributed by atoms with Crippen LogP contribution in [0, 0.1) is 5.41 Å². The highest BCUT2D eigenvalue weighted by Gasteiger charge is 2.44. The molecular weight excluding hydrogens is 691 g/mol. The Bertz CT molecular complexity index is 1910. The Labute approximate surface area is 315 Å². The van der Waals surface area contributed by atoms with Gasteiger partial charge in [0.15, 0.2) is 5.71 Å². The van der Waals surface area contributed by atoms with Gasteiger partial charge >= 0.3 is 5.97 Å². The van der Waals surface area contributed by atoms with Crippen LogP contribution in [0.1, 0.15) is 95.8 Å². The van der Waals surface area contributed by atoms with Crippen molar-refractivity contribution in [2.24, 2.45) is 5.41 Å². The maximum atomic E-state index is 12.0. The lowest BCUT2D eigenvalue weighted by atomic mass is 9.79. The van der Waals surface area contributed by atoms with Crippen molar-refractivity contribution in [2.75, 3.05) is 34.0 Å². The summed E-state index contributed by atoms with van der Waals surface area (Å²) in [6.07, 6.45) is 19.9. The Morgan fingerprint density at radius 3 is 2.26 bits per heavy atom. The molecule has 2 aromatic rings. The summed E-state index contributed by atoms with van der Waals surface area (Å²) in [5, 5.41) is 9.02. The lowest BCUT2D eigenvalue weighted by Gasteiger charge is -2.30. The van der Waals surface area contributed by atoms with Gasteiger partial charge in [0.2, 0.25) is 5.69 Å². The van der Waals surface area contributed by atoms with Gasteiger partial charge in [-0.2, -0.15) is 13.0 Å². The number of unbranched alkanes of at least 4 members (excludes halogenated alkanes) is 2. The minimum absolute atomic E-state index is 0.0926. The molecule has 0 atom stereocenters. The number of carbonyl (C=O) groups is 1. The third-order valence-electron chi connectivity index (χ3n) is 9.82. The van der Waals surface area contributed by atoms with E-state index in [0.717, 1.165) is 59.7 Å². The van der Waals surface area contributed by atoms with E-state index in [1.807, 2.05) is 56.4 Å². The summed E-state index contributed by atoms with van der Waals surface area (Å²) in [4.78, 5) is 10.8. The van der Waals surface area contributed by atoms with Crippen molar-refractivity contribution in [1.82, 2.24) is 0 Å². The normalized spacial score (nSPS) is 16.6. The van der Waals surface area contributed by atoms with Crippen LogP contribution in [-0.2, 0) is 29.8 Å². The number of allylic oxidation sites excluding steroid dienone is 9. The average molecular weight is 747 g/mol. The van der Waals surface area contributed by atoms with E-state index < -0.39 is 21.5 Å². The molecule has 2 heterocycles. The SMILES string of the molecule is COCCC(CCOC)c1ccc2c(c1)OC(=CC=CC=CC=CC1=[N+](CCCCCC(=O)O)c3ccc(S(=O)(=O)O)cc3C1(C)C)C=C2C(C)(C)C. The summed E-state index contributed by atoms with van der Waals surface area (Å²) in [6, 6.07) is 11.2. The lowest BCUT2D eigenvalue weighted by Crippen LogP contribution is -2.28. The monoisotopic (exact) mass is 746 g/mol. The lowest BCUT2D eigenvalue weighted by molar-refractivity contribution is -0.438. The van der Waals surface area contributed by atoms with Crippen LogP contribution >= 0.6 is 0 Å². The topological polar surface area (TPSA) is 122 Å². The summed E-state index contributed by atoms with van der Waals surface area (Å²) in [6.45, 7) is 12.7. The van der Waals surface area contributed by atoms with E-state index in [9.17, 15) is 17.8 Å². The van der Waals surface area contributed by atoms with Gasteiger partial charge in [0, 0.05) is 63.5 Å². The highest BCUT2D eigenvalue weighted by molar-refractivity contribution is 7.85. The first-order valence-electron chi connectivity index (χ1n) is 18.3. The third-order valence-corrected chi connectivity index (χ3v) is 10.7. The van der Waals surface area contributed by atoms with E-state index >= 15 is 0 Å². The Kier molecular flexibility index (Phi) is 14.4. The van der Waals surface area contributed by atoms with Gasteiger partial charge in [0.1, 0.15) is 18.1 Å². The molecule has 0 saturated carbocycles. The van der Waals surface area contributed by atoms with E-state index in [2.05, 4.69) is 49.6 Å². The summed E-state index contributed by atoms with van der Waals surface area (Å²) >= 11 is 0. The van der Waals surface area contributed by atoms with Crippen molar-refractivity contribution in [3.05, 3.63) is 107 Å². The second-order valence-electron chi connectivity index (χ2n) is 15.1. The molecule has 286 valence electrons. The molecule has 0 aromatic heterocycles. The Morgan fingerprint density at radius 1 is 0.943 bits per heavy atom. The number of rotatable bonds is 18. The number of hydrogen-bond donors (Lipinski definition) is 2. The number of hydrogen-bond acceptors (Lipinski definition) is 6. The molecule has 9 nitrogen and oxygen atoms in total. The molecule has 10 heteroatoms. The molecule has 0 radical (unpaired) electrons. The Morgan fingerprint density at radius 2 is 1.62 bits per heavy atom. The zero-order chi connectivity index (χ0) is 38.8. The molecule has 53 heavy (non-hydrogen) atoms. The minimum atomic E-state index is -4.36. The summed E-state index contributed by atoms with van der Waals surface area (Å²) < 4.78 is 53.0. The van der Waals surface area contributed by atoms with Crippen LogP contribution in [0.2, 0.25) is 0 Å². The maximum Gasteiger partial charge on any atom is 0.303 e. The molecule has 2 N–H and O–H groups in total. The average Bonchev–Trinajstić information content (AvgIpc) is 3.30. The first kappa shape index (κ1) is 41.7. The van der Waals surface area contributed by atoms with E-state index in [1.165, 1.54) is 17.2 Å². The second kappa shape index (κ2) is 18.3. The maximum absolute atomic E-state index is 12.0. The van der Waals surface area contributed by atoms with Crippen LogP contribution in [0.5, 0.6) is 5.75 Å². The molecule has 2 aliphatic heterocycles. The molecule has 0 fully saturated rings. The highest BCUT2D eigenvalue weighted by Crippen LogP contribution is 2.45. The molecule has 0 aliphatic carbocycles. The minimum Gasteiger partial charge on any atom is -0.481 e. The molecule has 0 spiro atoms. The quantitative estimate of drug-likeness (QED) is 0.0671. The zero-order valence-electron chi connectivity index (χ0n) is 32.2. The van der Waals surface area contributed by atoms with Crippen LogP contribution in [0.25, 0.3) is 5.57 Å². The number of nitrogens with zero attached hydrogens (tertiary/aromatic N) is 1. The largest absolute Gasteiger partial charge is 0.481 e. The Hall–Kier alpha value is -4.09. The standard InChI is InChI=1S/C43H55NO8S/c1-42(2,3)36-29-33(52-39-28-32(19-21-35(36)39)31(23-26-50-6)24-27-51-7)16-12-9-8-10-13-17-40-43(4,5)37-30-34(53(47,48)49)20-22-38(37)44(40)25-15-11-14-18-41(45)46/h8-10,12-13,16-17,19-22,28-31H,11,14-15,18,23-27H2,1-7H3,(H-,45,46,47,48,49)/p+1. The fourth-order valence-corrected chi connectivity index (χ4v) is 7.45. The van der Waals surface area contributed by atoms with Gasteiger partial charge < -0.3 is 19.3 Å².